The number of anilines is 1. The van der Waals surface area contributed by atoms with Crippen LogP contribution in [-0.4, -0.2) is 16.7 Å². The van der Waals surface area contributed by atoms with E-state index in [1.807, 2.05) is 19.9 Å². The summed E-state index contributed by atoms with van der Waals surface area (Å²) in [5, 5.41) is 10.8. The summed E-state index contributed by atoms with van der Waals surface area (Å²) in [5.74, 6) is 0.956. The Labute approximate surface area is 68.3 Å². The summed E-state index contributed by atoms with van der Waals surface area (Å²) >= 11 is 0. The van der Waals surface area contributed by atoms with Gasteiger partial charge in [-0.25, -0.2) is 0 Å². The van der Waals surface area contributed by atoms with Crippen LogP contribution in [0.1, 0.15) is 20.8 Å². The Morgan fingerprint density at radius 2 is 2.36 bits per heavy atom. The van der Waals surface area contributed by atoms with Crippen molar-refractivity contribution in [3.05, 3.63) is 17.8 Å². The van der Waals surface area contributed by atoms with E-state index in [0.29, 0.717) is 0 Å². The van der Waals surface area contributed by atoms with Gasteiger partial charge in [-0.15, -0.1) is 5.10 Å². The molecule has 2 heterocycles. The predicted octanol–water partition coefficient (Wildman–Crippen LogP) is 1.72. The van der Waals surface area contributed by atoms with Gasteiger partial charge < -0.3 is 5.32 Å². The lowest BCUT2D eigenvalue weighted by Crippen LogP contribution is -1.93. The van der Waals surface area contributed by atoms with E-state index in [9.17, 15) is 0 Å². The van der Waals surface area contributed by atoms with E-state index in [1.54, 1.807) is 6.20 Å². The third kappa shape index (κ3) is 1.67. The SMILES string of the molecule is CC.[HH].c1cc2c(nn1)NCC2. The number of fused-ring (bicyclic) bond motifs is 1. The van der Waals surface area contributed by atoms with Gasteiger partial charge in [-0.2, -0.15) is 5.10 Å². The average molecular weight is 153 g/mol. The Kier molecular flexibility index (Phi) is 2.83. The van der Waals surface area contributed by atoms with Crippen molar-refractivity contribution >= 4 is 5.82 Å². The summed E-state index contributed by atoms with van der Waals surface area (Å²) in [6, 6.07) is 2.00. The molecule has 0 aromatic carbocycles. The molecule has 3 nitrogen and oxygen atoms in total. The molecule has 0 saturated carbocycles. The van der Waals surface area contributed by atoms with Crippen LogP contribution in [-0.2, 0) is 6.42 Å². The van der Waals surface area contributed by atoms with Crippen molar-refractivity contribution in [1.82, 2.24) is 10.2 Å². The van der Waals surface area contributed by atoms with Gasteiger partial charge >= 0.3 is 0 Å². The minimum Gasteiger partial charge on any atom is -0.368 e. The Morgan fingerprint density at radius 1 is 1.55 bits per heavy atom. The summed E-state index contributed by atoms with van der Waals surface area (Å²) in [4.78, 5) is 0. The monoisotopic (exact) mass is 153 g/mol. The third-order valence-corrected chi connectivity index (χ3v) is 1.49. The van der Waals surface area contributed by atoms with Crippen LogP contribution >= 0.6 is 0 Å². The van der Waals surface area contributed by atoms with E-state index in [0.717, 1.165) is 18.8 Å². The summed E-state index contributed by atoms with van der Waals surface area (Å²) in [6.07, 6.45) is 2.82. The summed E-state index contributed by atoms with van der Waals surface area (Å²) < 4.78 is 0. The van der Waals surface area contributed by atoms with Gasteiger partial charge in [-0.1, -0.05) is 13.8 Å². The molecule has 2 rings (SSSR count). The van der Waals surface area contributed by atoms with Crippen LogP contribution < -0.4 is 5.32 Å². The highest BCUT2D eigenvalue weighted by molar-refractivity contribution is 5.46. The normalized spacial score (nSPS) is 12.5. The Bertz CT molecular complexity index is 204. The molecule has 1 aliphatic heterocycles. The van der Waals surface area contributed by atoms with Crippen molar-refractivity contribution in [2.75, 3.05) is 11.9 Å². The summed E-state index contributed by atoms with van der Waals surface area (Å²) in [7, 11) is 0. The lowest BCUT2D eigenvalue weighted by molar-refractivity contribution is 1.03. The number of nitrogens with one attached hydrogen (secondary N) is 1. The molecule has 0 amide bonds. The first-order valence-corrected chi connectivity index (χ1v) is 4.01. The predicted molar refractivity (Wildman–Crippen MR) is 47.7 cm³/mol. The quantitative estimate of drug-likeness (QED) is 0.616. The number of hydrogen-bond donors (Lipinski definition) is 1. The van der Waals surface area contributed by atoms with Crippen LogP contribution in [0.5, 0.6) is 0 Å². The zero-order valence-corrected chi connectivity index (χ0v) is 6.96. The van der Waals surface area contributed by atoms with Crippen LogP contribution in [0, 0.1) is 0 Å². The first-order chi connectivity index (χ1) is 5.47. The molecule has 0 aliphatic carbocycles. The van der Waals surface area contributed by atoms with E-state index < -0.39 is 0 Å². The zero-order valence-electron chi connectivity index (χ0n) is 6.96. The summed E-state index contributed by atoms with van der Waals surface area (Å²) in [5.41, 5.74) is 1.28. The number of aromatic nitrogens is 2. The standard InChI is InChI=1S/C6H7N3.C2H6.H2/c1-3-7-6-5(1)2-4-8-9-6;1-2;/h2,4H,1,3H2,(H,7,9);1-2H3;1H. The molecule has 0 spiro atoms. The fraction of sp³-hybridized carbons (Fsp3) is 0.500. The first-order valence-electron chi connectivity index (χ1n) is 4.01. The molecular weight excluding hydrogens is 138 g/mol. The van der Waals surface area contributed by atoms with E-state index >= 15 is 0 Å². The van der Waals surface area contributed by atoms with Crippen LogP contribution in [0.4, 0.5) is 5.82 Å². The van der Waals surface area contributed by atoms with E-state index in [-0.39, 0.29) is 1.43 Å². The fourth-order valence-corrected chi connectivity index (χ4v) is 1.02. The minimum absolute atomic E-state index is 0. The molecule has 0 atom stereocenters. The van der Waals surface area contributed by atoms with Gasteiger partial charge in [0.15, 0.2) is 5.82 Å². The number of hydrogen-bond acceptors (Lipinski definition) is 3. The molecule has 1 aromatic rings. The van der Waals surface area contributed by atoms with Gasteiger partial charge in [-0.3, -0.25) is 0 Å². The van der Waals surface area contributed by atoms with E-state index in [1.165, 1.54) is 5.56 Å². The Hall–Kier alpha value is -1.12. The van der Waals surface area contributed by atoms with Gasteiger partial charge in [0, 0.05) is 7.97 Å². The molecule has 0 saturated heterocycles. The molecule has 62 valence electrons. The molecule has 1 aliphatic rings. The smallest absolute Gasteiger partial charge is 0.151 e. The maximum absolute atomic E-state index is 3.90. The molecule has 0 unspecified atom stereocenters. The van der Waals surface area contributed by atoms with Gasteiger partial charge in [0.25, 0.3) is 0 Å². The minimum atomic E-state index is 0. The second-order valence-electron chi connectivity index (χ2n) is 2.08. The van der Waals surface area contributed by atoms with E-state index in [2.05, 4.69) is 15.5 Å². The third-order valence-electron chi connectivity index (χ3n) is 1.49. The highest BCUT2D eigenvalue weighted by Crippen LogP contribution is 2.15. The molecule has 11 heavy (non-hydrogen) atoms. The van der Waals surface area contributed by atoms with Crippen molar-refractivity contribution in [2.24, 2.45) is 0 Å². The maximum Gasteiger partial charge on any atom is 0.151 e. The number of rotatable bonds is 0. The molecular formula is C8H15N3. The highest BCUT2D eigenvalue weighted by Gasteiger charge is 2.08. The van der Waals surface area contributed by atoms with Crippen LogP contribution in [0.15, 0.2) is 12.3 Å². The van der Waals surface area contributed by atoms with Gasteiger partial charge in [0.05, 0.1) is 6.20 Å². The maximum atomic E-state index is 3.90. The van der Waals surface area contributed by atoms with Crippen molar-refractivity contribution in [2.45, 2.75) is 20.3 Å². The van der Waals surface area contributed by atoms with Gasteiger partial charge in [0.1, 0.15) is 0 Å². The highest BCUT2D eigenvalue weighted by atomic mass is 15.2. The lowest BCUT2D eigenvalue weighted by atomic mass is 10.2. The Morgan fingerprint density at radius 3 is 3.09 bits per heavy atom. The molecule has 1 aromatic heterocycles. The number of nitrogens with zero attached hydrogens (tertiary/aromatic N) is 2. The zero-order chi connectivity index (χ0) is 8.10. The lowest BCUT2D eigenvalue weighted by Gasteiger charge is -1.91. The van der Waals surface area contributed by atoms with Crippen LogP contribution in [0.3, 0.4) is 0 Å². The molecule has 3 heteroatoms. The van der Waals surface area contributed by atoms with Crippen molar-refractivity contribution in [1.29, 1.82) is 0 Å². The molecule has 0 radical (unpaired) electrons. The second-order valence-corrected chi connectivity index (χ2v) is 2.08. The largest absolute Gasteiger partial charge is 0.368 e. The van der Waals surface area contributed by atoms with Gasteiger partial charge in [0.2, 0.25) is 0 Å². The Balaban J connectivity index is 0.000000378. The molecule has 0 fully saturated rings. The van der Waals surface area contributed by atoms with Crippen LogP contribution in [0.25, 0.3) is 0 Å². The van der Waals surface area contributed by atoms with Crippen molar-refractivity contribution in [3.8, 4) is 0 Å². The van der Waals surface area contributed by atoms with Crippen molar-refractivity contribution in [3.63, 3.8) is 0 Å². The molecule has 1 N–H and O–H groups in total. The second kappa shape index (κ2) is 3.91. The average Bonchev–Trinajstić information content (AvgIpc) is 2.55. The van der Waals surface area contributed by atoms with Crippen LogP contribution in [0.2, 0.25) is 0 Å². The topological polar surface area (TPSA) is 37.8 Å². The van der Waals surface area contributed by atoms with Crippen molar-refractivity contribution < 1.29 is 1.43 Å². The van der Waals surface area contributed by atoms with Gasteiger partial charge in [-0.05, 0) is 18.1 Å². The fourth-order valence-electron chi connectivity index (χ4n) is 1.02. The first kappa shape index (κ1) is 7.98. The van der Waals surface area contributed by atoms with E-state index in [4.69, 9.17) is 0 Å². The molecule has 0 bridgehead atoms. The summed E-state index contributed by atoms with van der Waals surface area (Å²) in [6.45, 7) is 5.01.